The van der Waals surface area contributed by atoms with Crippen LogP contribution in [0.25, 0.3) is 0 Å². The summed E-state index contributed by atoms with van der Waals surface area (Å²) < 4.78 is 4.97. The SMILES string of the molecule is CC(=O)OCCc1c(C)cc2c(c1O)CC(C)(C)C2. The van der Waals surface area contributed by atoms with Crippen LogP contribution in [-0.2, 0) is 28.8 Å². The van der Waals surface area contributed by atoms with Crippen LogP contribution in [-0.4, -0.2) is 17.7 Å². The predicted octanol–water partition coefficient (Wildman–Crippen LogP) is 2.93. The van der Waals surface area contributed by atoms with Crippen molar-refractivity contribution in [2.24, 2.45) is 5.41 Å². The molecule has 0 bridgehead atoms. The number of aromatic hydroxyl groups is 1. The first-order valence-corrected chi connectivity index (χ1v) is 6.77. The Morgan fingerprint density at radius 3 is 2.74 bits per heavy atom. The Kier molecular flexibility index (Phi) is 3.57. The van der Waals surface area contributed by atoms with E-state index in [-0.39, 0.29) is 11.4 Å². The van der Waals surface area contributed by atoms with Crippen molar-refractivity contribution in [3.05, 3.63) is 28.3 Å². The molecule has 0 fully saturated rings. The van der Waals surface area contributed by atoms with Crippen molar-refractivity contribution < 1.29 is 14.6 Å². The molecule has 3 nitrogen and oxygen atoms in total. The standard InChI is InChI=1S/C16H22O3/c1-10-7-12-8-16(3,4)9-14(12)15(18)13(10)5-6-19-11(2)17/h7,18H,5-6,8-9H2,1-4H3. The molecule has 0 heterocycles. The van der Waals surface area contributed by atoms with Crippen LogP contribution in [0.3, 0.4) is 0 Å². The normalized spacial score (nSPS) is 16.2. The van der Waals surface area contributed by atoms with Gasteiger partial charge in [-0.05, 0) is 41.9 Å². The van der Waals surface area contributed by atoms with E-state index < -0.39 is 0 Å². The Bertz CT molecular complexity index is 515. The maximum Gasteiger partial charge on any atom is 0.302 e. The minimum Gasteiger partial charge on any atom is -0.507 e. The van der Waals surface area contributed by atoms with E-state index in [2.05, 4.69) is 19.9 Å². The third-order valence-corrected chi connectivity index (χ3v) is 3.81. The molecule has 0 saturated carbocycles. The molecule has 0 amide bonds. The number of esters is 1. The number of ether oxygens (including phenoxy) is 1. The highest BCUT2D eigenvalue weighted by Crippen LogP contribution is 2.42. The smallest absolute Gasteiger partial charge is 0.302 e. The molecular weight excluding hydrogens is 240 g/mol. The molecule has 0 radical (unpaired) electrons. The van der Waals surface area contributed by atoms with Gasteiger partial charge in [-0.1, -0.05) is 19.9 Å². The second-order valence-electron chi connectivity index (χ2n) is 6.27. The first-order chi connectivity index (χ1) is 8.80. The first-order valence-electron chi connectivity index (χ1n) is 6.77. The molecule has 104 valence electrons. The summed E-state index contributed by atoms with van der Waals surface area (Å²) in [6.07, 6.45) is 2.50. The molecule has 0 saturated heterocycles. The minimum absolute atomic E-state index is 0.223. The molecule has 0 spiro atoms. The summed E-state index contributed by atoms with van der Waals surface area (Å²) in [5.41, 5.74) is 4.56. The number of phenolic OH excluding ortho intramolecular Hbond substituents is 1. The maximum absolute atomic E-state index is 10.8. The third kappa shape index (κ3) is 2.91. The average molecular weight is 262 g/mol. The zero-order valence-corrected chi connectivity index (χ0v) is 12.2. The summed E-state index contributed by atoms with van der Waals surface area (Å²) in [6, 6.07) is 2.17. The summed E-state index contributed by atoms with van der Waals surface area (Å²) >= 11 is 0. The molecular formula is C16H22O3. The summed E-state index contributed by atoms with van der Waals surface area (Å²) in [5.74, 6) is 0.132. The van der Waals surface area contributed by atoms with Crippen LogP contribution in [0.2, 0.25) is 0 Å². The summed E-state index contributed by atoms with van der Waals surface area (Å²) in [7, 11) is 0. The Morgan fingerprint density at radius 1 is 1.42 bits per heavy atom. The summed E-state index contributed by atoms with van der Waals surface area (Å²) in [5, 5.41) is 10.4. The fourth-order valence-corrected chi connectivity index (χ4v) is 2.98. The van der Waals surface area contributed by atoms with E-state index in [4.69, 9.17) is 4.74 Å². The number of hydrogen-bond donors (Lipinski definition) is 1. The zero-order chi connectivity index (χ0) is 14.2. The van der Waals surface area contributed by atoms with Gasteiger partial charge < -0.3 is 9.84 Å². The third-order valence-electron chi connectivity index (χ3n) is 3.81. The second kappa shape index (κ2) is 4.87. The van der Waals surface area contributed by atoms with Crippen LogP contribution >= 0.6 is 0 Å². The van der Waals surface area contributed by atoms with Gasteiger partial charge in [-0.15, -0.1) is 0 Å². The monoisotopic (exact) mass is 262 g/mol. The Labute approximate surface area is 114 Å². The van der Waals surface area contributed by atoms with Gasteiger partial charge in [-0.3, -0.25) is 4.79 Å². The molecule has 0 unspecified atom stereocenters. The van der Waals surface area contributed by atoms with Crippen LogP contribution < -0.4 is 0 Å². The molecule has 1 aliphatic rings. The molecule has 1 N–H and O–H groups in total. The lowest BCUT2D eigenvalue weighted by Crippen LogP contribution is -2.09. The van der Waals surface area contributed by atoms with E-state index in [9.17, 15) is 9.90 Å². The lowest BCUT2D eigenvalue weighted by Gasteiger charge is -2.15. The molecule has 1 aromatic rings. The number of hydrogen-bond acceptors (Lipinski definition) is 3. The van der Waals surface area contributed by atoms with Crippen molar-refractivity contribution in [2.75, 3.05) is 6.61 Å². The van der Waals surface area contributed by atoms with Gasteiger partial charge in [0.2, 0.25) is 0 Å². The topological polar surface area (TPSA) is 46.5 Å². The maximum atomic E-state index is 10.8. The molecule has 0 aromatic heterocycles. The second-order valence-corrected chi connectivity index (χ2v) is 6.27. The number of benzene rings is 1. The quantitative estimate of drug-likeness (QED) is 0.852. The number of fused-ring (bicyclic) bond motifs is 1. The summed E-state index contributed by atoms with van der Waals surface area (Å²) in [4.78, 5) is 10.8. The number of rotatable bonds is 3. The van der Waals surface area contributed by atoms with E-state index in [1.807, 2.05) is 6.92 Å². The highest BCUT2D eigenvalue weighted by molar-refractivity contribution is 5.66. The predicted molar refractivity (Wildman–Crippen MR) is 74.4 cm³/mol. The van der Waals surface area contributed by atoms with Gasteiger partial charge in [-0.25, -0.2) is 0 Å². The van der Waals surface area contributed by atoms with Gasteiger partial charge in [0, 0.05) is 18.9 Å². The Hall–Kier alpha value is -1.51. The van der Waals surface area contributed by atoms with Crippen LogP contribution in [0.5, 0.6) is 5.75 Å². The van der Waals surface area contributed by atoms with Gasteiger partial charge in [0.1, 0.15) is 5.75 Å². The molecule has 3 heteroatoms. The largest absolute Gasteiger partial charge is 0.507 e. The van der Waals surface area contributed by atoms with Crippen LogP contribution in [0.4, 0.5) is 0 Å². The van der Waals surface area contributed by atoms with Crippen molar-refractivity contribution in [1.82, 2.24) is 0 Å². The Balaban J connectivity index is 2.25. The van der Waals surface area contributed by atoms with Gasteiger partial charge >= 0.3 is 5.97 Å². The zero-order valence-electron chi connectivity index (χ0n) is 12.2. The number of phenols is 1. The molecule has 0 atom stereocenters. The van der Waals surface area contributed by atoms with Gasteiger partial charge in [0.25, 0.3) is 0 Å². The van der Waals surface area contributed by atoms with Gasteiger partial charge in [0.15, 0.2) is 0 Å². The van der Waals surface area contributed by atoms with Crippen LogP contribution in [0.15, 0.2) is 6.07 Å². The molecule has 19 heavy (non-hydrogen) atoms. The van der Waals surface area contributed by atoms with E-state index in [0.717, 1.165) is 29.5 Å². The molecule has 2 rings (SSSR count). The van der Waals surface area contributed by atoms with Crippen LogP contribution in [0.1, 0.15) is 43.0 Å². The van der Waals surface area contributed by atoms with Crippen molar-refractivity contribution in [3.8, 4) is 5.75 Å². The molecule has 0 aliphatic heterocycles. The molecule has 1 aliphatic carbocycles. The van der Waals surface area contributed by atoms with E-state index in [1.54, 1.807) is 0 Å². The van der Waals surface area contributed by atoms with Gasteiger partial charge in [-0.2, -0.15) is 0 Å². The van der Waals surface area contributed by atoms with Crippen molar-refractivity contribution >= 4 is 5.97 Å². The van der Waals surface area contributed by atoms with E-state index in [0.29, 0.717) is 18.8 Å². The van der Waals surface area contributed by atoms with Crippen LogP contribution in [0, 0.1) is 12.3 Å². The minimum atomic E-state index is -0.278. The van der Waals surface area contributed by atoms with E-state index >= 15 is 0 Å². The fourth-order valence-electron chi connectivity index (χ4n) is 2.98. The van der Waals surface area contributed by atoms with E-state index in [1.165, 1.54) is 12.5 Å². The summed E-state index contributed by atoms with van der Waals surface area (Å²) in [6.45, 7) is 8.18. The van der Waals surface area contributed by atoms with Crippen molar-refractivity contribution in [1.29, 1.82) is 0 Å². The molecule has 1 aromatic carbocycles. The Morgan fingerprint density at radius 2 is 2.11 bits per heavy atom. The lowest BCUT2D eigenvalue weighted by atomic mass is 9.90. The highest BCUT2D eigenvalue weighted by Gasteiger charge is 2.31. The number of carbonyl (C=O) groups is 1. The lowest BCUT2D eigenvalue weighted by molar-refractivity contribution is -0.140. The number of carbonyl (C=O) groups excluding carboxylic acids is 1. The van der Waals surface area contributed by atoms with Crippen molar-refractivity contribution in [3.63, 3.8) is 0 Å². The fraction of sp³-hybridized carbons (Fsp3) is 0.562. The highest BCUT2D eigenvalue weighted by atomic mass is 16.5. The van der Waals surface area contributed by atoms with Crippen molar-refractivity contribution in [2.45, 2.75) is 47.0 Å². The first kappa shape index (κ1) is 13.9. The number of aryl methyl sites for hydroxylation is 1. The average Bonchev–Trinajstić information content (AvgIpc) is 2.57. The van der Waals surface area contributed by atoms with Gasteiger partial charge in [0.05, 0.1) is 6.61 Å².